The van der Waals surface area contributed by atoms with Crippen molar-refractivity contribution in [1.29, 1.82) is 0 Å². The van der Waals surface area contributed by atoms with Gasteiger partial charge in [0.25, 0.3) is 0 Å². The Bertz CT molecular complexity index is 448. The maximum atomic E-state index is 12.9. The summed E-state index contributed by atoms with van der Waals surface area (Å²) < 4.78 is 12.9. The number of carbonyl (C=O) groups excluding carboxylic acids is 1. The second kappa shape index (κ2) is 6.31. The average Bonchev–Trinajstić information content (AvgIpc) is 2.25. The lowest BCUT2D eigenvalue weighted by Gasteiger charge is -2.00. The van der Waals surface area contributed by atoms with E-state index in [4.69, 9.17) is 5.73 Å². The standard InChI is InChI=1S/C12H12FNOS/c1-9(15)16-6-2-3-10-4-5-12(13)7-11(10)8-14/h4-5,7H,6,8,14H2,1H3. The molecule has 0 saturated heterocycles. The van der Waals surface area contributed by atoms with Gasteiger partial charge in [0.15, 0.2) is 5.12 Å². The summed E-state index contributed by atoms with van der Waals surface area (Å²) in [6.45, 7) is 1.75. The summed E-state index contributed by atoms with van der Waals surface area (Å²) in [4.78, 5) is 10.6. The molecule has 4 heteroatoms. The molecule has 0 atom stereocenters. The highest BCUT2D eigenvalue weighted by Crippen LogP contribution is 2.09. The highest BCUT2D eigenvalue weighted by atomic mass is 32.2. The highest BCUT2D eigenvalue weighted by Gasteiger charge is 1.99. The van der Waals surface area contributed by atoms with Gasteiger partial charge in [0, 0.05) is 19.0 Å². The Morgan fingerprint density at radius 1 is 1.56 bits per heavy atom. The van der Waals surface area contributed by atoms with E-state index in [0.717, 1.165) is 11.8 Å². The van der Waals surface area contributed by atoms with E-state index in [9.17, 15) is 9.18 Å². The van der Waals surface area contributed by atoms with Crippen LogP contribution in [0.25, 0.3) is 0 Å². The molecule has 16 heavy (non-hydrogen) atoms. The molecule has 0 aromatic heterocycles. The van der Waals surface area contributed by atoms with Crippen LogP contribution in [0.4, 0.5) is 4.39 Å². The maximum Gasteiger partial charge on any atom is 0.186 e. The maximum absolute atomic E-state index is 12.9. The molecule has 0 unspecified atom stereocenters. The van der Waals surface area contributed by atoms with E-state index in [2.05, 4.69) is 11.8 Å². The van der Waals surface area contributed by atoms with Gasteiger partial charge in [0.05, 0.1) is 5.75 Å². The van der Waals surface area contributed by atoms with Crippen molar-refractivity contribution in [3.8, 4) is 11.8 Å². The van der Waals surface area contributed by atoms with Gasteiger partial charge in [0.2, 0.25) is 0 Å². The molecule has 2 N–H and O–H groups in total. The molecule has 0 aliphatic heterocycles. The fourth-order valence-corrected chi connectivity index (χ4v) is 1.47. The molecule has 0 bridgehead atoms. The van der Waals surface area contributed by atoms with E-state index in [-0.39, 0.29) is 17.5 Å². The molecule has 0 amide bonds. The summed E-state index contributed by atoms with van der Waals surface area (Å²) in [6.07, 6.45) is 0. The first kappa shape index (κ1) is 12.8. The van der Waals surface area contributed by atoms with Crippen LogP contribution in [0.1, 0.15) is 18.1 Å². The van der Waals surface area contributed by atoms with Crippen LogP contribution in [-0.2, 0) is 11.3 Å². The quantitative estimate of drug-likeness (QED) is 0.799. The minimum atomic E-state index is -0.316. The summed E-state index contributed by atoms with van der Waals surface area (Å²) in [5, 5.41) is 0.0347. The predicted molar refractivity (Wildman–Crippen MR) is 64.3 cm³/mol. The Morgan fingerprint density at radius 3 is 2.94 bits per heavy atom. The van der Waals surface area contributed by atoms with E-state index in [1.807, 2.05) is 0 Å². The van der Waals surface area contributed by atoms with Crippen molar-refractivity contribution < 1.29 is 9.18 Å². The minimum Gasteiger partial charge on any atom is -0.326 e. The van der Waals surface area contributed by atoms with Crippen LogP contribution in [0.2, 0.25) is 0 Å². The molecule has 0 radical (unpaired) electrons. The molecule has 0 heterocycles. The van der Waals surface area contributed by atoms with Crippen LogP contribution >= 0.6 is 11.8 Å². The van der Waals surface area contributed by atoms with Crippen LogP contribution in [0.15, 0.2) is 18.2 Å². The molecule has 0 aliphatic carbocycles. The van der Waals surface area contributed by atoms with E-state index >= 15 is 0 Å². The van der Waals surface area contributed by atoms with Crippen molar-refractivity contribution in [1.82, 2.24) is 0 Å². The van der Waals surface area contributed by atoms with Crippen molar-refractivity contribution in [2.24, 2.45) is 5.73 Å². The number of hydrogen-bond acceptors (Lipinski definition) is 3. The van der Waals surface area contributed by atoms with Crippen molar-refractivity contribution in [2.75, 3.05) is 5.75 Å². The van der Waals surface area contributed by atoms with Gasteiger partial charge in [-0.1, -0.05) is 23.6 Å². The lowest BCUT2D eigenvalue weighted by molar-refractivity contribution is -0.109. The lowest BCUT2D eigenvalue weighted by Crippen LogP contribution is -2.00. The second-order valence-electron chi connectivity index (χ2n) is 3.09. The third-order valence-electron chi connectivity index (χ3n) is 1.86. The normalized spacial score (nSPS) is 9.44. The van der Waals surface area contributed by atoms with Gasteiger partial charge < -0.3 is 5.73 Å². The van der Waals surface area contributed by atoms with Gasteiger partial charge in [-0.15, -0.1) is 0 Å². The van der Waals surface area contributed by atoms with Gasteiger partial charge in [-0.05, 0) is 23.8 Å². The third-order valence-corrected chi connectivity index (χ3v) is 2.55. The Kier molecular flexibility index (Phi) is 5.03. The van der Waals surface area contributed by atoms with E-state index in [0.29, 0.717) is 16.9 Å². The zero-order valence-electron chi connectivity index (χ0n) is 8.92. The largest absolute Gasteiger partial charge is 0.326 e. The monoisotopic (exact) mass is 237 g/mol. The number of halogens is 1. The van der Waals surface area contributed by atoms with E-state index in [1.54, 1.807) is 6.07 Å². The average molecular weight is 237 g/mol. The number of rotatable bonds is 2. The first-order chi connectivity index (χ1) is 7.63. The summed E-state index contributed by atoms with van der Waals surface area (Å²) in [6, 6.07) is 4.33. The first-order valence-corrected chi connectivity index (χ1v) is 5.72. The number of thioether (sulfide) groups is 1. The summed E-state index contributed by atoms with van der Waals surface area (Å²) in [7, 11) is 0. The fraction of sp³-hybridized carbons (Fsp3) is 0.250. The molecule has 0 fully saturated rings. The van der Waals surface area contributed by atoms with Crippen molar-refractivity contribution in [2.45, 2.75) is 13.5 Å². The lowest BCUT2D eigenvalue weighted by atomic mass is 10.1. The van der Waals surface area contributed by atoms with E-state index in [1.165, 1.54) is 19.1 Å². The molecule has 0 saturated carbocycles. The van der Waals surface area contributed by atoms with Gasteiger partial charge in [0.1, 0.15) is 5.82 Å². The fourth-order valence-electron chi connectivity index (χ4n) is 1.12. The van der Waals surface area contributed by atoms with Crippen LogP contribution in [0.5, 0.6) is 0 Å². The molecule has 0 spiro atoms. The van der Waals surface area contributed by atoms with Gasteiger partial charge in [-0.25, -0.2) is 4.39 Å². The molecule has 1 aromatic carbocycles. The Morgan fingerprint density at radius 2 is 2.31 bits per heavy atom. The van der Waals surface area contributed by atoms with Crippen molar-refractivity contribution in [3.05, 3.63) is 35.1 Å². The van der Waals surface area contributed by atoms with Crippen molar-refractivity contribution >= 4 is 16.9 Å². The summed E-state index contributed by atoms with van der Waals surface area (Å²) in [5.41, 5.74) is 6.87. The number of carbonyl (C=O) groups is 1. The van der Waals surface area contributed by atoms with E-state index < -0.39 is 0 Å². The Hall–Kier alpha value is -1.31. The number of hydrogen-bond donors (Lipinski definition) is 1. The zero-order valence-corrected chi connectivity index (χ0v) is 9.73. The number of nitrogens with two attached hydrogens (primary N) is 1. The topological polar surface area (TPSA) is 43.1 Å². The van der Waals surface area contributed by atoms with Gasteiger partial charge >= 0.3 is 0 Å². The molecular weight excluding hydrogens is 225 g/mol. The smallest absolute Gasteiger partial charge is 0.186 e. The molecule has 1 rings (SSSR count). The van der Waals surface area contributed by atoms with Crippen LogP contribution < -0.4 is 5.73 Å². The first-order valence-electron chi connectivity index (χ1n) is 4.74. The van der Waals surface area contributed by atoms with Gasteiger partial charge in [-0.3, -0.25) is 4.79 Å². The zero-order chi connectivity index (χ0) is 12.0. The molecular formula is C12H12FNOS. The third kappa shape index (κ3) is 4.05. The van der Waals surface area contributed by atoms with Crippen LogP contribution in [0.3, 0.4) is 0 Å². The summed E-state index contributed by atoms with van der Waals surface area (Å²) >= 11 is 1.15. The predicted octanol–water partition coefficient (Wildman–Crippen LogP) is 1.92. The Labute approximate surface area is 98.4 Å². The molecule has 84 valence electrons. The molecule has 1 aromatic rings. The second-order valence-corrected chi connectivity index (χ2v) is 4.24. The highest BCUT2D eigenvalue weighted by molar-refractivity contribution is 8.13. The number of benzene rings is 1. The van der Waals surface area contributed by atoms with Crippen molar-refractivity contribution in [3.63, 3.8) is 0 Å². The Balaban J connectivity index is 2.76. The minimum absolute atomic E-state index is 0.0347. The molecule has 2 nitrogen and oxygen atoms in total. The van der Waals surface area contributed by atoms with Crippen LogP contribution in [0, 0.1) is 17.7 Å². The van der Waals surface area contributed by atoms with Gasteiger partial charge in [-0.2, -0.15) is 0 Å². The molecule has 0 aliphatic rings. The van der Waals surface area contributed by atoms with Crippen LogP contribution in [-0.4, -0.2) is 10.9 Å². The SMILES string of the molecule is CC(=O)SCC#Cc1ccc(F)cc1CN. The summed E-state index contributed by atoms with van der Waals surface area (Å²) in [5.74, 6) is 5.84.